The van der Waals surface area contributed by atoms with Crippen molar-refractivity contribution in [1.82, 2.24) is 19.8 Å². The van der Waals surface area contributed by atoms with Gasteiger partial charge < -0.3 is 14.8 Å². The Morgan fingerprint density at radius 2 is 1.84 bits per heavy atom. The highest BCUT2D eigenvalue weighted by Crippen LogP contribution is 2.30. The van der Waals surface area contributed by atoms with E-state index in [1.807, 2.05) is 23.1 Å². The van der Waals surface area contributed by atoms with Crippen molar-refractivity contribution in [2.45, 2.75) is 50.6 Å². The molecule has 3 heterocycles. The maximum Gasteiger partial charge on any atom is 0.222 e. The summed E-state index contributed by atoms with van der Waals surface area (Å²) in [6.07, 6.45) is 4.65. The summed E-state index contributed by atoms with van der Waals surface area (Å²) in [6.45, 7) is 3.33. The maximum absolute atomic E-state index is 13.5. The summed E-state index contributed by atoms with van der Waals surface area (Å²) < 4.78 is 13.5. The van der Waals surface area contributed by atoms with Crippen molar-refractivity contribution in [2.24, 2.45) is 0 Å². The maximum atomic E-state index is 13.5. The first-order valence-corrected chi connectivity index (χ1v) is 11.4. The molecule has 31 heavy (non-hydrogen) atoms. The third-order valence-electron chi connectivity index (χ3n) is 6.88. The molecule has 0 aliphatic carbocycles. The molecular weight excluding hydrogens is 391 g/mol. The molecule has 5 nitrogen and oxygen atoms in total. The highest BCUT2D eigenvalue weighted by molar-refractivity contribution is 5.76. The molecule has 3 aromatic rings. The van der Waals surface area contributed by atoms with E-state index in [-0.39, 0.29) is 11.7 Å². The molecule has 2 saturated heterocycles. The Morgan fingerprint density at radius 3 is 2.65 bits per heavy atom. The zero-order valence-corrected chi connectivity index (χ0v) is 17.8. The summed E-state index contributed by atoms with van der Waals surface area (Å²) in [4.78, 5) is 25.4. The Labute approximate surface area is 182 Å². The van der Waals surface area contributed by atoms with E-state index in [0.717, 1.165) is 67.7 Å². The smallest absolute Gasteiger partial charge is 0.222 e. The minimum Gasteiger partial charge on any atom is -0.342 e. The van der Waals surface area contributed by atoms with Gasteiger partial charge in [0.15, 0.2) is 0 Å². The van der Waals surface area contributed by atoms with E-state index in [1.54, 1.807) is 6.07 Å². The summed E-state index contributed by atoms with van der Waals surface area (Å²) >= 11 is 0. The number of piperidine rings is 1. The number of H-pyrrole nitrogens is 1. The second kappa shape index (κ2) is 8.79. The number of halogens is 1. The molecule has 5 rings (SSSR count). The van der Waals surface area contributed by atoms with E-state index in [2.05, 4.69) is 22.0 Å². The van der Waals surface area contributed by atoms with Crippen LogP contribution in [0.3, 0.4) is 0 Å². The molecule has 2 aromatic carbocycles. The number of rotatable bonds is 4. The first-order chi connectivity index (χ1) is 15.2. The van der Waals surface area contributed by atoms with Gasteiger partial charge in [0.1, 0.15) is 11.6 Å². The van der Waals surface area contributed by atoms with Crippen molar-refractivity contribution >= 4 is 16.9 Å². The fourth-order valence-electron chi connectivity index (χ4n) is 5.11. The van der Waals surface area contributed by atoms with Gasteiger partial charge in [-0.2, -0.15) is 0 Å². The first-order valence-electron chi connectivity index (χ1n) is 11.4. The van der Waals surface area contributed by atoms with Gasteiger partial charge in [0.25, 0.3) is 0 Å². The van der Waals surface area contributed by atoms with Crippen LogP contribution in [0.2, 0.25) is 0 Å². The second-order valence-electron chi connectivity index (χ2n) is 8.88. The van der Waals surface area contributed by atoms with Gasteiger partial charge in [0.2, 0.25) is 5.91 Å². The van der Waals surface area contributed by atoms with Crippen LogP contribution in [0, 0.1) is 5.82 Å². The van der Waals surface area contributed by atoms with Gasteiger partial charge in [-0.1, -0.05) is 24.3 Å². The summed E-state index contributed by atoms with van der Waals surface area (Å²) in [5.41, 5.74) is 3.01. The molecule has 0 spiro atoms. The van der Waals surface area contributed by atoms with Crippen LogP contribution in [0.4, 0.5) is 4.39 Å². The molecule has 1 unspecified atom stereocenters. The number of para-hydroxylation sites is 2. The fourth-order valence-corrected chi connectivity index (χ4v) is 5.11. The van der Waals surface area contributed by atoms with E-state index < -0.39 is 0 Å². The number of aromatic amines is 1. The lowest BCUT2D eigenvalue weighted by molar-refractivity contribution is -0.131. The standard InChI is InChI=1S/C25H29FN4O/c26-20-5-3-4-18(16-20)17-30-15-12-21(8-9-24(30)31)29-13-10-19(11-14-29)25-27-22-6-1-2-7-23(22)28-25/h1-7,16,19,21H,8-15,17H2,(H,27,28). The van der Waals surface area contributed by atoms with Gasteiger partial charge in [-0.15, -0.1) is 0 Å². The van der Waals surface area contributed by atoms with Crippen molar-refractivity contribution < 1.29 is 9.18 Å². The summed E-state index contributed by atoms with van der Waals surface area (Å²) in [5.74, 6) is 1.52. The SMILES string of the molecule is O=C1CCC(N2CCC(c3nc4ccccc4[nH]3)CC2)CCN1Cc1cccc(F)c1. The lowest BCUT2D eigenvalue weighted by Gasteiger charge is -2.36. The number of hydrogen-bond acceptors (Lipinski definition) is 3. The number of nitrogens with zero attached hydrogens (tertiary/aromatic N) is 3. The minimum absolute atomic E-state index is 0.184. The Hall–Kier alpha value is -2.73. The molecule has 0 bridgehead atoms. The van der Waals surface area contributed by atoms with E-state index >= 15 is 0 Å². The lowest BCUT2D eigenvalue weighted by Crippen LogP contribution is -2.41. The third kappa shape index (κ3) is 4.49. The molecular formula is C25H29FN4O. The fraction of sp³-hybridized carbons (Fsp3) is 0.440. The number of fused-ring (bicyclic) bond motifs is 1. The molecule has 1 amide bonds. The van der Waals surface area contributed by atoms with Crippen molar-refractivity contribution in [3.63, 3.8) is 0 Å². The number of benzene rings is 2. The van der Waals surface area contributed by atoms with Crippen molar-refractivity contribution in [1.29, 1.82) is 0 Å². The van der Waals surface area contributed by atoms with Crippen LogP contribution >= 0.6 is 0 Å². The molecule has 2 fully saturated rings. The summed E-state index contributed by atoms with van der Waals surface area (Å²) in [6, 6.07) is 15.2. The molecule has 6 heteroatoms. The van der Waals surface area contributed by atoms with Crippen LogP contribution in [0.25, 0.3) is 11.0 Å². The molecule has 2 aliphatic heterocycles. The minimum atomic E-state index is -0.245. The molecule has 0 radical (unpaired) electrons. The molecule has 2 aliphatic rings. The van der Waals surface area contributed by atoms with Crippen molar-refractivity contribution in [2.75, 3.05) is 19.6 Å². The highest BCUT2D eigenvalue weighted by atomic mass is 19.1. The second-order valence-corrected chi connectivity index (χ2v) is 8.88. The Balaban J connectivity index is 1.17. The number of hydrogen-bond donors (Lipinski definition) is 1. The normalized spacial score (nSPS) is 21.5. The number of carbonyl (C=O) groups excluding carboxylic acids is 1. The van der Waals surface area contributed by atoms with Crippen molar-refractivity contribution in [3.8, 4) is 0 Å². The van der Waals surface area contributed by atoms with Gasteiger partial charge in [0.05, 0.1) is 11.0 Å². The van der Waals surface area contributed by atoms with E-state index in [9.17, 15) is 9.18 Å². The van der Waals surface area contributed by atoms with Gasteiger partial charge in [0, 0.05) is 31.5 Å². The quantitative estimate of drug-likeness (QED) is 0.678. The largest absolute Gasteiger partial charge is 0.342 e. The van der Waals surface area contributed by atoms with Crippen LogP contribution in [0.5, 0.6) is 0 Å². The first kappa shape index (κ1) is 20.2. The summed E-state index contributed by atoms with van der Waals surface area (Å²) in [5, 5.41) is 0. The molecule has 1 atom stereocenters. The van der Waals surface area contributed by atoms with Gasteiger partial charge in [-0.3, -0.25) is 4.79 Å². The Morgan fingerprint density at radius 1 is 1.00 bits per heavy atom. The van der Waals surface area contributed by atoms with Crippen LogP contribution in [-0.2, 0) is 11.3 Å². The van der Waals surface area contributed by atoms with Gasteiger partial charge in [-0.25, -0.2) is 9.37 Å². The van der Waals surface area contributed by atoms with E-state index in [0.29, 0.717) is 24.9 Å². The number of carbonyl (C=O) groups is 1. The van der Waals surface area contributed by atoms with Crippen LogP contribution in [0.1, 0.15) is 49.4 Å². The predicted octanol–water partition coefficient (Wildman–Crippen LogP) is 4.46. The zero-order valence-electron chi connectivity index (χ0n) is 17.8. The number of nitrogens with one attached hydrogen (secondary N) is 1. The molecule has 1 aromatic heterocycles. The van der Waals surface area contributed by atoms with Gasteiger partial charge in [-0.05, 0) is 68.6 Å². The van der Waals surface area contributed by atoms with Gasteiger partial charge >= 0.3 is 0 Å². The average molecular weight is 421 g/mol. The van der Waals surface area contributed by atoms with Crippen molar-refractivity contribution in [3.05, 3.63) is 65.7 Å². The lowest BCUT2D eigenvalue weighted by atomic mass is 9.94. The van der Waals surface area contributed by atoms with Crippen LogP contribution < -0.4 is 0 Å². The third-order valence-corrected chi connectivity index (χ3v) is 6.88. The molecule has 0 saturated carbocycles. The number of imidazole rings is 1. The van der Waals surface area contributed by atoms with Crippen LogP contribution in [-0.4, -0.2) is 51.4 Å². The monoisotopic (exact) mass is 420 g/mol. The topological polar surface area (TPSA) is 52.2 Å². The Bertz CT molecular complexity index is 1020. The van der Waals surface area contributed by atoms with E-state index in [1.165, 1.54) is 12.1 Å². The number of likely N-dealkylation sites (tertiary alicyclic amines) is 2. The van der Waals surface area contributed by atoms with E-state index in [4.69, 9.17) is 4.98 Å². The zero-order chi connectivity index (χ0) is 21.2. The number of aromatic nitrogens is 2. The Kier molecular flexibility index (Phi) is 5.72. The van der Waals surface area contributed by atoms with Crippen LogP contribution in [0.15, 0.2) is 48.5 Å². The molecule has 162 valence electrons. The molecule has 1 N–H and O–H groups in total. The average Bonchev–Trinajstić information content (AvgIpc) is 3.14. The number of amides is 1. The highest BCUT2D eigenvalue weighted by Gasteiger charge is 2.30. The predicted molar refractivity (Wildman–Crippen MR) is 119 cm³/mol. The summed E-state index contributed by atoms with van der Waals surface area (Å²) in [7, 11) is 0.